The SMILES string of the molecule is CC(OCC1(c2ccccc2)CCN(C(=O)OC(C)(C)C)CC1)c1cc(Br)cc2c1ncn2COCC[Si](C)(C)C. The van der Waals surface area contributed by atoms with Crippen molar-refractivity contribution in [3.63, 3.8) is 0 Å². The van der Waals surface area contributed by atoms with Crippen LogP contribution < -0.4 is 0 Å². The Morgan fingerprint density at radius 2 is 1.80 bits per heavy atom. The maximum absolute atomic E-state index is 12.7. The summed E-state index contributed by atoms with van der Waals surface area (Å²) in [5.74, 6) is 0. The van der Waals surface area contributed by atoms with Gasteiger partial charge in [-0.1, -0.05) is 65.9 Å². The van der Waals surface area contributed by atoms with Gasteiger partial charge in [0, 0.05) is 43.2 Å². The second-order valence-electron chi connectivity index (χ2n) is 13.5. The fourth-order valence-electron chi connectivity index (χ4n) is 5.23. The Hall–Kier alpha value is -2.20. The fourth-order valence-corrected chi connectivity index (χ4v) is 6.46. The van der Waals surface area contributed by atoms with Crippen molar-refractivity contribution in [3.05, 3.63) is 64.4 Å². The molecular formula is C32H46BrN3O4Si. The number of hydrogen-bond acceptors (Lipinski definition) is 5. The minimum Gasteiger partial charge on any atom is -0.444 e. The van der Waals surface area contributed by atoms with Crippen molar-refractivity contribution in [3.8, 4) is 0 Å². The molecule has 1 fully saturated rings. The minimum absolute atomic E-state index is 0.171. The number of ether oxygens (including phenoxy) is 3. The summed E-state index contributed by atoms with van der Waals surface area (Å²) in [4.78, 5) is 19.3. The first-order valence-corrected chi connectivity index (χ1v) is 19.1. The zero-order valence-corrected chi connectivity index (χ0v) is 28.3. The molecule has 2 heterocycles. The third kappa shape index (κ3) is 8.43. The lowest BCUT2D eigenvalue weighted by molar-refractivity contribution is -0.00933. The fraction of sp³-hybridized carbons (Fsp3) is 0.562. The Kier molecular flexibility index (Phi) is 10.0. The van der Waals surface area contributed by atoms with Crippen molar-refractivity contribution in [2.24, 2.45) is 0 Å². The molecule has 1 atom stereocenters. The van der Waals surface area contributed by atoms with Crippen LogP contribution in [0.25, 0.3) is 11.0 Å². The van der Waals surface area contributed by atoms with Gasteiger partial charge in [-0.25, -0.2) is 9.78 Å². The number of halogens is 1. The van der Waals surface area contributed by atoms with E-state index < -0.39 is 13.7 Å². The van der Waals surface area contributed by atoms with E-state index in [1.54, 1.807) is 0 Å². The van der Waals surface area contributed by atoms with Gasteiger partial charge in [-0.05, 0) is 64.3 Å². The zero-order valence-electron chi connectivity index (χ0n) is 25.7. The largest absolute Gasteiger partial charge is 0.444 e. The van der Waals surface area contributed by atoms with Gasteiger partial charge in [0.2, 0.25) is 0 Å². The second kappa shape index (κ2) is 13.0. The molecule has 7 nitrogen and oxygen atoms in total. The Balaban J connectivity index is 1.48. The summed E-state index contributed by atoms with van der Waals surface area (Å²) in [6.45, 7) is 18.0. The number of imidazole rings is 1. The Morgan fingerprint density at radius 1 is 1.12 bits per heavy atom. The molecule has 0 N–H and O–H groups in total. The molecule has 2 aromatic carbocycles. The average molecular weight is 645 g/mol. The van der Waals surface area contributed by atoms with Crippen molar-refractivity contribution >= 4 is 41.1 Å². The number of rotatable bonds is 10. The van der Waals surface area contributed by atoms with Crippen LogP contribution >= 0.6 is 15.9 Å². The second-order valence-corrected chi connectivity index (χ2v) is 20.0. The quantitative estimate of drug-likeness (QED) is 0.165. The lowest BCUT2D eigenvalue weighted by Crippen LogP contribution is -2.48. The number of hydrogen-bond donors (Lipinski definition) is 0. The Morgan fingerprint density at radius 3 is 2.44 bits per heavy atom. The summed E-state index contributed by atoms with van der Waals surface area (Å²) in [6.07, 6.45) is 3.06. The van der Waals surface area contributed by atoms with Gasteiger partial charge in [0.25, 0.3) is 0 Å². The average Bonchev–Trinajstić information content (AvgIpc) is 3.31. The minimum atomic E-state index is -1.14. The first kappa shape index (κ1) is 31.7. The molecular weight excluding hydrogens is 598 g/mol. The summed E-state index contributed by atoms with van der Waals surface area (Å²) >= 11 is 3.71. The molecule has 0 bridgehead atoms. The molecule has 41 heavy (non-hydrogen) atoms. The predicted molar refractivity (Wildman–Crippen MR) is 171 cm³/mol. The van der Waals surface area contributed by atoms with Gasteiger partial charge >= 0.3 is 6.09 Å². The number of carbonyl (C=O) groups excluding carboxylic acids is 1. The van der Waals surface area contributed by atoms with Crippen molar-refractivity contribution in [2.45, 2.75) is 90.1 Å². The molecule has 1 saturated heterocycles. The molecule has 0 radical (unpaired) electrons. The molecule has 9 heteroatoms. The van der Waals surface area contributed by atoms with E-state index in [1.165, 1.54) is 5.56 Å². The van der Waals surface area contributed by atoms with Crippen LogP contribution in [-0.2, 0) is 26.4 Å². The van der Waals surface area contributed by atoms with Crippen molar-refractivity contribution in [1.82, 2.24) is 14.5 Å². The van der Waals surface area contributed by atoms with Crippen molar-refractivity contribution in [1.29, 1.82) is 0 Å². The molecule has 224 valence electrons. The van der Waals surface area contributed by atoms with E-state index in [9.17, 15) is 4.79 Å². The van der Waals surface area contributed by atoms with Crippen LogP contribution in [0.5, 0.6) is 0 Å². The van der Waals surface area contributed by atoms with E-state index in [2.05, 4.69) is 83.5 Å². The smallest absolute Gasteiger partial charge is 0.410 e. The van der Waals surface area contributed by atoms with Gasteiger partial charge in [-0.3, -0.25) is 0 Å². The molecule has 0 aliphatic carbocycles. The van der Waals surface area contributed by atoms with Crippen LogP contribution in [-0.4, -0.2) is 60.5 Å². The van der Waals surface area contributed by atoms with Gasteiger partial charge in [0.05, 0.1) is 30.1 Å². The van der Waals surface area contributed by atoms with E-state index in [0.717, 1.165) is 46.6 Å². The van der Waals surface area contributed by atoms with Crippen LogP contribution in [0.1, 0.15) is 57.8 Å². The molecule has 0 saturated carbocycles. The number of fused-ring (bicyclic) bond motifs is 1. The van der Waals surface area contributed by atoms with E-state index in [1.807, 2.05) is 38.1 Å². The van der Waals surface area contributed by atoms with Crippen molar-refractivity contribution in [2.75, 3.05) is 26.3 Å². The molecule has 1 aliphatic heterocycles. The van der Waals surface area contributed by atoms with Crippen LogP contribution in [0.2, 0.25) is 25.7 Å². The monoisotopic (exact) mass is 643 g/mol. The van der Waals surface area contributed by atoms with Crippen LogP contribution in [0, 0.1) is 0 Å². The third-order valence-electron chi connectivity index (χ3n) is 7.75. The number of piperidine rings is 1. The standard InChI is InChI=1S/C32H46BrN3O4Si/c1-24(27-19-26(33)20-28-29(27)34-22-36(28)23-38-17-18-41(5,6)7)39-21-32(25-11-9-8-10-12-25)13-15-35(16-14-32)30(37)40-31(2,3)4/h8-12,19-20,22,24H,13-18,21,23H2,1-7H3. The highest BCUT2D eigenvalue weighted by atomic mass is 79.9. The highest BCUT2D eigenvalue weighted by Gasteiger charge is 2.39. The lowest BCUT2D eigenvalue weighted by atomic mass is 9.73. The number of carbonyl (C=O) groups is 1. The first-order chi connectivity index (χ1) is 19.3. The van der Waals surface area contributed by atoms with Gasteiger partial charge in [-0.15, -0.1) is 0 Å². The number of aromatic nitrogens is 2. The Bertz CT molecular complexity index is 1310. The number of likely N-dealkylation sites (tertiary alicyclic amines) is 1. The maximum atomic E-state index is 12.7. The van der Waals surface area contributed by atoms with Gasteiger partial charge in [-0.2, -0.15) is 0 Å². The van der Waals surface area contributed by atoms with E-state index in [4.69, 9.17) is 19.2 Å². The van der Waals surface area contributed by atoms with E-state index in [0.29, 0.717) is 26.4 Å². The van der Waals surface area contributed by atoms with Gasteiger partial charge in [0.1, 0.15) is 12.3 Å². The predicted octanol–water partition coefficient (Wildman–Crippen LogP) is 8.16. The molecule has 1 unspecified atom stereocenters. The van der Waals surface area contributed by atoms with Crippen molar-refractivity contribution < 1.29 is 19.0 Å². The summed E-state index contributed by atoms with van der Waals surface area (Å²) in [5, 5.41) is 0. The van der Waals surface area contributed by atoms with E-state index in [-0.39, 0.29) is 17.6 Å². The van der Waals surface area contributed by atoms with Crippen LogP contribution in [0.3, 0.4) is 0 Å². The van der Waals surface area contributed by atoms with E-state index >= 15 is 0 Å². The molecule has 1 aromatic heterocycles. The summed E-state index contributed by atoms with van der Waals surface area (Å²) < 4.78 is 21.4. The van der Waals surface area contributed by atoms with Gasteiger partial charge in [0.15, 0.2) is 0 Å². The van der Waals surface area contributed by atoms with Crippen LogP contribution in [0.4, 0.5) is 4.79 Å². The highest BCUT2D eigenvalue weighted by molar-refractivity contribution is 9.10. The molecule has 0 spiro atoms. The summed E-state index contributed by atoms with van der Waals surface area (Å²) in [5.41, 5.74) is 3.55. The molecule has 3 aromatic rings. The normalized spacial score (nSPS) is 16.6. The number of benzene rings is 2. The van der Waals surface area contributed by atoms with Gasteiger partial charge < -0.3 is 23.7 Å². The first-order valence-electron chi connectivity index (χ1n) is 14.6. The molecule has 1 amide bonds. The highest BCUT2D eigenvalue weighted by Crippen LogP contribution is 2.38. The maximum Gasteiger partial charge on any atom is 0.410 e. The number of amides is 1. The lowest BCUT2D eigenvalue weighted by Gasteiger charge is -2.42. The topological polar surface area (TPSA) is 65.8 Å². The zero-order chi connectivity index (χ0) is 29.8. The number of nitrogens with zero attached hydrogens (tertiary/aromatic N) is 3. The third-order valence-corrected chi connectivity index (χ3v) is 9.91. The van der Waals surface area contributed by atoms with Crippen LogP contribution in [0.15, 0.2) is 53.3 Å². The molecule has 1 aliphatic rings. The summed E-state index contributed by atoms with van der Waals surface area (Å²) in [7, 11) is -1.14. The Labute approximate surface area is 254 Å². The molecule has 4 rings (SSSR count). The summed E-state index contributed by atoms with van der Waals surface area (Å²) in [6, 6.07) is 15.9.